The number of amides is 1. The van der Waals surface area contributed by atoms with Crippen molar-refractivity contribution in [3.05, 3.63) is 64.0 Å². The van der Waals surface area contributed by atoms with Gasteiger partial charge in [0.25, 0.3) is 11.6 Å². The van der Waals surface area contributed by atoms with Crippen LogP contribution in [0.4, 0.5) is 24.5 Å². The molecule has 1 heterocycles. The summed E-state index contributed by atoms with van der Waals surface area (Å²) in [4.78, 5) is 28.0. The second-order valence-electron chi connectivity index (χ2n) is 5.05. The van der Waals surface area contributed by atoms with Gasteiger partial charge in [0.15, 0.2) is 0 Å². The number of aromatic amines is 1. The average Bonchev–Trinajstić information content (AvgIpc) is 3.00. The molecule has 0 fully saturated rings. The van der Waals surface area contributed by atoms with E-state index >= 15 is 0 Å². The van der Waals surface area contributed by atoms with Gasteiger partial charge < -0.3 is 10.3 Å². The van der Waals surface area contributed by atoms with Gasteiger partial charge in [-0.1, -0.05) is 12.1 Å². The minimum Gasteiger partial charge on any atom is -0.334 e. The number of anilines is 1. The lowest BCUT2D eigenvalue weighted by Crippen LogP contribution is -2.12. The highest BCUT2D eigenvalue weighted by Crippen LogP contribution is 2.31. The maximum absolute atomic E-state index is 12.8. The molecular weight excluding hydrogens is 341 g/mol. The summed E-state index contributed by atoms with van der Waals surface area (Å²) < 4.78 is 38.3. The van der Waals surface area contributed by atoms with Gasteiger partial charge in [0.1, 0.15) is 5.52 Å². The Kier molecular flexibility index (Phi) is 3.87. The largest absolute Gasteiger partial charge is 0.449 e. The average molecular weight is 350 g/mol. The van der Waals surface area contributed by atoms with Crippen LogP contribution in [-0.4, -0.2) is 20.8 Å². The number of rotatable bonds is 3. The molecule has 7 nitrogen and oxygen atoms in total. The second-order valence-corrected chi connectivity index (χ2v) is 5.05. The second kappa shape index (κ2) is 5.89. The van der Waals surface area contributed by atoms with Crippen molar-refractivity contribution >= 4 is 28.3 Å². The standard InChI is InChI=1S/C15H9F3N4O3/c16-15(17,18)14-20-11-6-2-5-10(12(11)21-14)19-13(23)8-3-1-4-9(7-8)22(24)25/h1-7H,(H,19,23)(H,20,21). The Balaban J connectivity index is 1.95. The summed E-state index contributed by atoms with van der Waals surface area (Å²) in [5, 5.41) is 13.2. The van der Waals surface area contributed by atoms with Crippen molar-refractivity contribution < 1.29 is 22.9 Å². The maximum atomic E-state index is 12.8. The molecule has 25 heavy (non-hydrogen) atoms. The first-order valence-corrected chi connectivity index (χ1v) is 6.87. The van der Waals surface area contributed by atoms with Crippen LogP contribution in [0.15, 0.2) is 42.5 Å². The van der Waals surface area contributed by atoms with Crippen LogP contribution in [0.1, 0.15) is 16.2 Å². The number of hydrogen-bond acceptors (Lipinski definition) is 4. The van der Waals surface area contributed by atoms with Crippen molar-refractivity contribution in [2.45, 2.75) is 6.18 Å². The molecule has 1 aromatic heterocycles. The first-order valence-electron chi connectivity index (χ1n) is 6.87. The summed E-state index contributed by atoms with van der Waals surface area (Å²) in [7, 11) is 0. The predicted octanol–water partition coefficient (Wildman–Crippen LogP) is 3.74. The van der Waals surface area contributed by atoms with E-state index in [4.69, 9.17) is 0 Å². The van der Waals surface area contributed by atoms with E-state index in [1.807, 2.05) is 0 Å². The normalized spacial score (nSPS) is 11.5. The van der Waals surface area contributed by atoms with Gasteiger partial charge in [-0.25, -0.2) is 4.98 Å². The highest BCUT2D eigenvalue weighted by Gasteiger charge is 2.35. The number of aromatic nitrogens is 2. The van der Waals surface area contributed by atoms with E-state index in [2.05, 4.69) is 15.3 Å². The number of benzene rings is 2. The lowest BCUT2D eigenvalue weighted by molar-refractivity contribution is -0.384. The third-order valence-corrected chi connectivity index (χ3v) is 3.35. The van der Waals surface area contributed by atoms with Crippen LogP contribution < -0.4 is 5.32 Å². The molecule has 1 amide bonds. The maximum Gasteiger partial charge on any atom is 0.449 e. The SMILES string of the molecule is O=C(Nc1cccc2[nH]c(C(F)(F)F)nc12)c1cccc([N+](=O)[O-])c1. The highest BCUT2D eigenvalue weighted by atomic mass is 19.4. The number of halogens is 3. The van der Waals surface area contributed by atoms with Crippen molar-refractivity contribution in [2.75, 3.05) is 5.32 Å². The summed E-state index contributed by atoms with van der Waals surface area (Å²) in [6, 6.07) is 9.21. The molecule has 0 atom stereocenters. The number of hydrogen-bond donors (Lipinski definition) is 2. The van der Waals surface area contributed by atoms with Crippen LogP contribution in [-0.2, 0) is 6.18 Å². The first kappa shape index (κ1) is 16.4. The zero-order valence-electron chi connectivity index (χ0n) is 12.3. The van der Waals surface area contributed by atoms with E-state index < -0.39 is 22.8 Å². The quantitative estimate of drug-likeness (QED) is 0.555. The summed E-state index contributed by atoms with van der Waals surface area (Å²) in [6.45, 7) is 0. The Morgan fingerprint density at radius 1 is 1.20 bits per heavy atom. The fourth-order valence-corrected chi connectivity index (χ4v) is 2.22. The van der Waals surface area contributed by atoms with Gasteiger partial charge in [0.2, 0.25) is 5.82 Å². The topological polar surface area (TPSA) is 101 Å². The van der Waals surface area contributed by atoms with Crippen LogP contribution >= 0.6 is 0 Å². The van der Waals surface area contributed by atoms with Crippen LogP contribution in [0.3, 0.4) is 0 Å². The Bertz CT molecular complexity index is 982. The first-order chi connectivity index (χ1) is 11.8. The van der Waals surface area contributed by atoms with Gasteiger partial charge in [0.05, 0.1) is 16.1 Å². The molecule has 128 valence electrons. The van der Waals surface area contributed by atoms with Crippen molar-refractivity contribution in [3.8, 4) is 0 Å². The third-order valence-electron chi connectivity index (χ3n) is 3.35. The predicted molar refractivity (Wildman–Crippen MR) is 82.1 cm³/mol. The molecule has 2 aromatic carbocycles. The summed E-state index contributed by atoms with van der Waals surface area (Å²) >= 11 is 0. The third kappa shape index (κ3) is 3.27. The van der Waals surface area contributed by atoms with E-state index in [1.165, 1.54) is 36.4 Å². The zero-order chi connectivity index (χ0) is 18.2. The zero-order valence-corrected chi connectivity index (χ0v) is 12.3. The smallest absolute Gasteiger partial charge is 0.334 e. The number of carbonyl (C=O) groups is 1. The number of nitro groups is 1. The molecule has 0 spiro atoms. The molecule has 0 unspecified atom stereocenters. The molecule has 3 rings (SSSR count). The van der Waals surface area contributed by atoms with Crippen molar-refractivity contribution in [1.29, 1.82) is 0 Å². The van der Waals surface area contributed by atoms with Gasteiger partial charge in [-0.05, 0) is 18.2 Å². The summed E-state index contributed by atoms with van der Waals surface area (Å²) in [6.07, 6.45) is -4.65. The van der Waals surface area contributed by atoms with E-state index in [0.717, 1.165) is 6.07 Å². The van der Waals surface area contributed by atoms with Gasteiger partial charge in [-0.15, -0.1) is 0 Å². The fourth-order valence-electron chi connectivity index (χ4n) is 2.22. The fraction of sp³-hybridized carbons (Fsp3) is 0.0667. The lowest BCUT2D eigenvalue weighted by atomic mass is 10.2. The molecule has 2 N–H and O–H groups in total. The molecule has 0 aliphatic heterocycles. The molecule has 0 bridgehead atoms. The van der Waals surface area contributed by atoms with Crippen molar-refractivity contribution in [2.24, 2.45) is 0 Å². The number of nitro benzene ring substituents is 1. The van der Waals surface area contributed by atoms with E-state index in [1.54, 1.807) is 0 Å². The minimum atomic E-state index is -4.65. The highest BCUT2D eigenvalue weighted by molar-refractivity contribution is 6.08. The van der Waals surface area contributed by atoms with Crippen LogP contribution in [0, 0.1) is 10.1 Å². The Labute approximate surface area is 137 Å². The molecule has 0 radical (unpaired) electrons. The summed E-state index contributed by atoms with van der Waals surface area (Å²) in [5.74, 6) is -1.88. The van der Waals surface area contributed by atoms with E-state index in [-0.39, 0.29) is 28.0 Å². The molecule has 0 aliphatic rings. The molecule has 10 heteroatoms. The van der Waals surface area contributed by atoms with Crippen LogP contribution in [0.2, 0.25) is 0 Å². The molecule has 0 saturated carbocycles. The number of alkyl halides is 3. The Morgan fingerprint density at radius 3 is 2.60 bits per heavy atom. The van der Waals surface area contributed by atoms with Gasteiger partial charge in [0, 0.05) is 17.7 Å². The Morgan fingerprint density at radius 2 is 1.92 bits per heavy atom. The number of nitrogens with zero attached hydrogens (tertiary/aromatic N) is 2. The molecule has 0 saturated heterocycles. The summed E-state index contributed by atoms with van der Waals surface area (Å²) in [5.41, 5.74) is -0.179. The molecule has 0 aliphatic carbocycles. The number of nitrogens with one attached hydrogen (secondary N) is 2. The number of fused-ring (bicyclic) bond motifs is 1. The monoisotopic (exact) mass is 350 g/mol. The number of imidazole rings is 1. The number of H-pyrrole nitrogens is 1. The van der Waals surface area contributed by atoms with Crippen molar-refractivity contribution in [1.82, 2.24) is 9.97 Å². The number of para-hydroxylation sites is 1. The Hall–Kier alpha value is -3.43. The molecular formula is C15H9F3N4O3. The van der Waals surface area contributed by atoms with Gasteiger partial charge in [-0.2, -0.15) is 13.2 Å². The van der Waals surface area contributed by atoms with Crippen LogP contribution in [0.5, 0.6) is 0 Å². The minimum absolute atomic E-state index is 0.00205. The lowest BCUT2D eigenvalue weighted by Gasteiger charge is -2.06. The van der Waals surface area contributed by atoms with Gasteiger partial charge >= 0.3 is 6.18 Å². The molecule has 3 aromatic rings. The van der Waals surface area contributed by atoms with E-state index in [0.29, 0.717) is 0 Å². The van der Waals surface area contributed by atoms with E-state index in [9.17, 15) is 28.1 Å². The van der Waals surface area contributed by atoms with Crippen LogP contribution in [0.25, 0.3) is 11.0 Å². The van der Waals surface area contributed by atoms with Crippen molar-refractivity contribution in [3.63, 3.8) is 0 Å². The van der Waals surface area contributed by atoms with Gasteiger partial charge in [-0.3, -0.25) is 14.9 Å². The number of carbonyl (C=O) groups excluding carboxylic acids is 1. The number of non-ortho nitro benzene ring substituents is 1.